The second-order valence-electron chi connectivity index (χ2n) is 5.73. The molecule has 0 amide bonds. The normalized spacial score (nSPS) is 15.2. The number of esters is 1. The van der Waals surface area contributed by atoms with E-state index in [1.807, 2.05) is 24.3 Å². The molecule has 134 valence electrons. The average molecular weight is 389 g/mol. The van der Waals surface area contributed by atoms with Gasteiger partial charge in [0.05, 0.1) is 10.0 Å². The number of rotatable bonds is 5. The lowest BCUT2D eigenvalue weighted by Gasteiger charge is -2.20. The molecule has 0 saturated heterocycles. The minimum absolute atomic E-state index is 0.222. The van der Waals surface area contributed by atoms with Crippen LogP contribution < -0.4 is 4.90 Å². The van der Waals surface area contributed by atoms with Gasteiger partial charge in [-0.05, 0) is 55.8 Å². The van der Waals surface area contributed by atoms with Gasteiger partial charge < -0.3 is 9.64 Å². The summed E-state index contributed by atoms with van der Waals surface area (Å²) >= 11 is 11.9. The molecule has 0 bridgehead atoms. The lowest BCUT2D eigenvalue weighted by atomic mass is 10.1. The Balaban J connectivity index is 1.85. The summed E-state index contributed by atoms with van der Waals surface area (Å²) in [5.74, 6) is -0.265. The molecule has 0 aromatic heterocycles. The van der Waals surface area contributed by atoms with E-state index in [0.717, 1.165) is 24.3 Å². The summed E-state index contributed by atoms with van der Waals surface area (Å²) in [5, 5.41) is 0.816. The number of aliphatic imine (C=N–C) groups is 1. The molecular formula is C20H18Cl2N2O2. The third-order valence-electron chi connectivity index (χ3n) is 4.11. The maximum absolute atomic E-state index is 12.1. The van der Waals surface area contributed by atoms with Gasteiger partial charge in [0.2, 0.25) is 5.90 Å². The predicted molar refractivity (Wildman–Crippen MR) is 107 cm³/mol. The number of benzene rings is 2. The third-order valence-corrected chi connectivity index (χ3v) is 4.85. The van der Waals surface area contributed by atoms with Gasteiger partial charge in [-0.3, -0.25) is 0 Å². The van der Waals surface area contributed by atoms with Crippen molar-refractivity contribution >= 4 is 46.8 Å². The average Bonchev–Trinajstić information content (AvgIpc) is 3.00. The van der Waals surface area contributed by atoms with E-state index in [1.54, 1.807) is 24.3 Å². The van der Waals surface area contributed by atoms with Crippen LogP contribution in [0.1, 0.15) is 25.0 Å². The number of cyclic esters (lactones) is 1. The van der Waals surface area contributed by atoms with E-state index in [1.165, 1.54) is 0 Å². The molecule has 0 spiro atoms. The Morgan fingerprint density at radius 1 is 1.04 bits per heavy atom. The van der Waals surface area contributed by atoms with Crippen molar-refractivity contribution in [2.24, 2.45) is 4.99 Å². The summed E-state index contributed by atoms with van der Waals surface area (Å²) in [6, 6.07) is 13.0. The van der Waals surface area contributed by atoms with Gasteiger partial charge in [0.15, 0.2) is 5.70 Å². The molecule has 0 radical (unpaired) electrons. The fourth-order valence-corrected chi connectivity index (χ4v) is 2.99. The fraction of sp³-hybridized carbons (Fsp3) is 0.200. The summed E-state index contributed by atoms with van der Waals surface area (Å²) in [4.78, 5) is 18.7. The molecule has 3 rings (SSSR count). The Morgan fingerprint density at radius 3 is 2.35 bits per heavy atom. The van der Waals surface area contributed by atoms with Gasteiger partial charge in [-0.2, -0.15) is 0 Å². The van der Waals surface area contributed by atoms with Crippen LogP contribution in [0.4, 0.5) is 5.69 Å². The van der Waals surface area contributed by atoms with Gasteiger partial charge in [0, 0.05) is 24.3 Å². The Morgan fingerprint density at radius 2 is 1.73 bits per heavy atom. The SMILES string of the molecule is CCN(CC)c1ccc(C=C2N=C(c3ccc(Cl)c(Cl)c3)OC2=O)cc1. The topological polar surface area (TPSA) is 41.9 Å². The van der Waals surface area contributed by atoms with E-state index in [0.29, 0.717) is 15.6 Å². The molecule has 0 unspecified atom stereocenters. The van der Waals surface area contributed by atoms with Crippen LogP contribution >= 0.6 is 23.2 Å². The van der Waals surface area contributed by atoms with Crippen molar-refractivity contribution in [3.8, 4) is 0 Å². The van der Waals surface area contributed by atoms with Crippen molar-refractivity contribution in [3.05, 3.63) is 69.3 Å². The lowest BCUT2D eigenvalue weighted by molar-refractivity contribution is -0.129. The van der Waals surface area contributed by atoms with Crippen LogP contribution in [-0.2, 0) is 9.53 Å². The molecule has 2 aromatic rings. The number of hydrogen-bond donors (Lipinski definition) is 0. The predicted octanol–water partition coefficient (Wildman–Crippen LogP) is 5.18. The summed E-state index contributed by atoms with van der Waals surface area (Å²) in [6.45, 7) is 6.13. The molecule has 26 heavy (non-hydrogen) atoms. The van der Waals surface area contributed by atoms with Crippen molar-refractivity contribution < 1.29 is 9.53 Å². The minimum atomic E-state index is -0.487. The highest BCUT2D eigenvalue weighted by Crippen LogP contribution is 2.26. The smallest absolute Gasteiger partial charge is 0.363 e. The monoisotopic (exact) mass is 388 g/mol. The highest BCUT2D eigenvalue weighted by molar-refractivity contribution is 6.42. The second kappa shape index (κ2) is 7.94. The quantitative estimate of drug-likeness (QED) is 0.523. The lowest BCUT2D eigenvalue weighted by Crippen LogP contribution is -2.21. The molecule has 1 aliphatic rings. The van der Waals surface area contributed by atoms with Gasteiger partial charge in [-0.1, -0.05) is 35.3 Å². The summed E-state index contributed by atoms with van der Waals surface area (Å²) in [6.07, 6.45) is 1.71. The van der Waals surface area contributed by atoms with Crippen molar-refractivity contribution in [3.63, 3.8) is 0 Å². The van der Waals surface area contributed by atoms with E-state index < -0.39 is 5.97 Å². The first-order valence-corrected chi connectivity index (χ1v) is 9.10. The highest BCUT2D eigenvalue weighted by Gasteiger charge is 2.24. The maximum Gasteiger partial charge on any atom is 0.363 e. The minimum Gasteiger partial charge on any atom is -0.402 e. The molecule has 1 heterocycles. The first kappa shape index (κ1) is 18.5. The van der Waals surface area contributed by atoms with Crippen molar-refractivity contribution in [1.29, 1.82) is 0 Å². The molecule has 6 heteroatoms. The summed E-state index contributed by atoms with van der Waals surface area (Å²) < 4.78 is 5.26. The van der Waals surface area contributed by atoms with Gasteiger partial charge in [-0.15, -0.1) is 0 Å². The maximum atomic E-state index is 12.1. The second-order valence-corrected chi connectivity index (χ2v) is 6.54. The Labute approximate surface area is 162 Å². The number of carbonyl (C=O) groups is 1. The van der Waals surface area contributed by atoms with Crippen molar-refractivity contribution in [2.45, 2.75) is 13.8 Å². The zero-order valence-corrected chi connectivity index (χ0v) is 16.0. The molecule has 0 fully saturated rings. The number of nitrogens with zero attached hydrogens (tertiary/aromatic N) is 2. The van der Waals surface area contributed by atoms with Crippen LogP contribution in [-0.4, -0.2) is 25.0 Å². The molecule has 0 N–H and O–H groups in total. The van der Waals surface area contributed by atoms with E-state index >= 15 is 0 Å². The fourth-order valence-electron chi connectivity index (χ4n) is 2.69. The number of anilines is 1. The molecule has 0 atom stereocenters. The number of ether oxygens (including phenoxy) is 1. The molecule has 1 aliphatic heterocycles. The molecule has 2 aromatic carbocycles. The number of carbonyl (C=O) groups excluding carboxylic acids is 1. The zero-order chi connectivity index (χ0) is 18.7. The molecule has 4 nitrogen and oxygen atoms in total. The third kappa shape index (κ3) is 3.92. The summed E-state index contributed by atoms with van der Waals surface area (Å²) in [5.41, 5.74) is 2.88. The van der Waals surface area contributed by atoms with Crippen molar-refractivity contribution in [1.82, 2.24) is 0 Å². The molecule has 0 saturated carbocycles. The van der Waals surface area contributed by atoms with E-state index in [9.17, 15) is 4.79 Å². The van der Waals surface area contributed by atoms with Crippen LogP contribution in [0.3, 0.4) is 0 Å². The zero-order valence-electron chi connectivity index (χ0n) is 14.5. The van der Waals surface area contributed by atoms with Gasteiger partial charge >= 0.3 is 5.97 Å². The first-order valence-electron chi connectivity index (χ1n) is 8.34. The Bertz CT molecular complexity index is 885. The van der Waals surface area contributed by atoms with E-state index in [2.05, 4.69) is 23.7 Å². The Hall–Kier alpha value is -2.30. The van der Waals surface area contributed by atoms with Gasteiger partial charge in [0.25, 0.3) is 0 Å². The van der Waals surface area contributed by atoms with Gasteiger partial charge in [-0.25, -0.2) is 9.79 Å². The molecular weight excluding hydrogens is 371 g/mol. The van der Waals surface area contributed by atoms with E-state index in [4.69, 9.17) is 27.9 Å². The van der Waals surface area contributed by atoms with Crippen LogP contribution in [0.5, 0.6) is 0 Å². The van der Waals surface area contributed by atoms with Crippen LogP contribution in [0, 0.1) is 0 Å². The van der Waals surface area contributed by atoms with Gasteiger partial charge in [0.1, 0.15) is 0 Å². The summed E-state index contributed by atoms with van der Waals surface area (Å²) in [7, 11) is 0. The number of hydrogen-bond acceptors (Lipinski definition) is 4. The number of halogens is 2. The van der Waals surface area contributed by atoms with Crippen LogP contribution in [0.15, 0.2) is 53.2 Å². The standard InChI is InChI=1S/C20H18Cl2N2O2/c1-3-24(4-2)15-8-5-13(6-9-15)11-18-20(25)26-19(23-18)14-7-10-16(21)17(22)12-14/h5-12H,3-4H2,1-2H3. The van der Waals surface area contributed by atoms with Crippen LogP contribution in [0.25, 0.3) is 6.08 Å². The molecule has 0 aliphatic carbocycles. The first-order chi connectivity index (χ1) is 12.5. The highest BCUT2D eigenvalue weighted by atomic mass is 35.5. The van der Waals surface area contributed by atoms with Crippen LogP contribution in [0.2, 0.25) is 10.0 Å². The largest absolute Gasteiger partial charge is 0.402 e. The van der Waals surface area contributed by atoms with E-state index in [-0.39, 0.29) is 11.6 Å². The van der Waals surface area contributed by atoms with Crippen molar-refractivity contribution in [2.75, 3.05) is 18.0 Å². The Kier molecular flexibility index (Phi) is 5.64.